The summed E-state index contributed by atoms with van der Waals surface area (Å²) in [5, 5.41) is 7.98. The molecule has 1 atom stereocenters. The molecule has 4 heteroatoms. The Morgan fingerprint density at radius 2 is 2.38 bits per heavy atom. The summed E-state index contributed by atoms with van der Waals surface area (Å²) in [5.41, 5.74) is 2.29. The molecule has 1 aliphatic rings. The second-order valence-corrected chi connectivity index (χ2v) is 5.12. The van der Waals surface area contributed by atoms with Gasteiger partial charge in [0.1, 0.15) is 0 Å². The van der Waals surface area contributed by atoms with Gasteiger partial charge in [0.05, 0.1) is 15.9 Å². The molecular formula is C12H18BrN3. The third kappa shape index (κ3) is 2.55. The summed E-state index contributed by atoms with van der Waals surface area (Å²) in [6.07, 6.45) is 8.12. The van der Waals surface area contributed by atoms with Crippen molar-refractivity contribution in [3.8, 4) is 0 Å². The lowest BCUT2D eigenvalue weighted by Crippen LogP contribution is -2.30. The molecule has 0 aliphatic heterocycles. The summed E-state index contributed by atoms with van der Waals surface area (Å²) in [5.74, 6) is 0. The van der Waals surface area contributed by atoms with Crippen LogP contribution in [0.5, 0.6) is 0 Å². The topological polar surface area (TPSA) is 29.9 Å². The van der Waals surface area contributed by atoms with Gasteiger partial charge in [-0.2, -0.15) is 5.10 Å². The van der Waals surface area contributed by atoms with Gasteiger partial charge in [0, 0.05) is 19.6 Å². The van der Waals surface area contributed by atoms with Crippen LogP contribution in [0, 0.1) is 6.92 Å². The molecule has 0 fully saturated rings. The van der Waals surface area contributed by atoms with Crippen LogP contribution in [0.4, 0.5) is 0 Å². The van der Waals surface area contributed by atoms with Crippen LogP contribution in [-0.2, 0) is 13.6 Å². The molecule has 0 amide bonds. The van der Waals surface area contributed by atoms with E-state index in [1.165, 1.54) is 18.5 Å². The zero-order valence-corrected chi connectivity index (χ0v) is 11.4. The predicted molar refractivity (Wildman–Crippen MR) is 69.3 cm³/mol. The van der Waals surface area contributed by atoms with Gasteiger partial charge in [0.2, 0.25) is 0 Å². The van der Waals surface area contributed by atoms with Gasteiger partial charge in [0.25, 0.3) is 0 Å². The van der Waals surface area contributed by atoms with Gasteiger partial charge in [-0.15, -0.1) is 0 Å². The van der Waals surface area contributed by atoms with Gasteiger partial charge < -0.3 is 5.32 Å². The van der Waals surface area contributed by atoms with Crippen molar-refractivity contribution in [2.24, 2.45) is 7.05 Å². The van der Waals surface area contributed by atoms with Crippen LogP contribution in [0.3, 0.4) is 0 Å². The van der Waals surface area contributed by atoms with Crippen molar-refractivity contribution >= 4 is 15.9 Å². The highest BCUT2D eigenvalue weighted by Gasteiger charge is 2.13. The zero-order chi connectivity index (χ0) is 11.5. The number of hydrogen-bond acceptors (Lipinski definition) is 2. The summed E-state index contributed by atoms with van der Waals surface area (Å²) in [6.45, 7) is 2.91. The fourth-order valence-corrected chi connectivity index (χ4v) is 2.57. The van der Waals surface area contributed by atoms with E-state index in [2.05, 4.69) is 38.5 Å². The van der Waals surface area contributed by atoms with Crippen LogP contribution >= 0.6 is 15.9 Å². The van der Waals surface area contributed by atoms with E-state index in [0.29, 0.717) is 6.04 Å². The van der Waals surface area contributed by atoms with E-state index in [4.69, 9.17) is 0 Å². The molecule has 0 saturated heterocycles. The van der Waals surface area contributed by atoms with E-state index in [-0.39, 0.29) is 0 Å². The van der Waals surface area contributed by atoms with Gasteiger partial charge >= 0.3 is 0 Å². The average molecular weight is 284 g/mol. The first-order valence-corrected chi connectivity index (χ1v) is 6.54. The summed E-state index contributed by atoms with van der Waals surface area (Å²) < 4.78 is 3.08. The highest BCUT2D eigenvalue weighted by atomic mass is 79.9. The Labute approximate surface area is 105 Å². The largest absolute Gasteiger partial charge is 0.308 e. The molecule has 0 saturated carbocycles. The van der Waals surface area contributed by atoms with Crippen LogP contribution < -0.4 is 5.32 Å². The van der Waals surface area contributed by atoms with Crippen LogP contribution in [0.2, 0.25) is 0 Å². The monoisotopic (exact) mass is 283 g/mol. The standard InChI is InChI=1S/C12H18BrN3/c1-9-12(13)11(16(2)15-9)8-14-10-6-4-3-5-7-10/h3-4,10,14H,5-8H2,1-2H3. The molecule has 16 heavy (non-hydrogen) atoms. The van der Waals surface area contributed by atoms with Gasteiger partial charge in [-0.1, -0.05) is 12.2 Å². The molecule has 1 aliphatic carbocycles. The van der Waals surface area contributed by atoms with Gasteiger partial charge in [-0.3, -0.25) is 4.68 Å². The Morgan fingerprint density at radius 1 is 1.56 bits per heavy atom. The highest BCUT2D eigenvalue weighted by molar-refractivity contribution is 9.10. The molecule has 2 rings (SSSR count). The quantitative estimate of drug-likeness (QED) is 0.865. The number of halogens is 1. The molecule has 88 valence electrons. The molecule has 1 unspecified atom stereocenters. The van der Waals surface area contributed by atoms with Crippen molar-refractivity contribution in [3.63, 3.8) is 0 Å². The molecule has 1 heterocycles. The number of allylic oxidation sites excluding steroid dienone is 1. The molecule has 0 radical (unpaired) electrons. The first-order valence-electron chi connectivity index (χ1n) is 5.75. The second-order valence-electron chi connectivity index (χ2n) is 4.33. The maximum Gasteiger partial charge on any atom is 0.0739 e. The predicted octanol–water partition coefficient (Wildman–Crippen LogP) is 2.69. The number of hydrogen-bond donors (Lipinski definition) is 1. The molecule has 1 N–H and O–H groups in total. The number of rotatable bonds is 3. The summed E-state index contributed by atoms with van der Waals surface area (Å²) in [6, 6.07) is 0.618. The number of nitrogens with zero attached hydrogens (tertiary/aromatic N) is 2. The van der Waals surface area contributed by atoms with E-state index in [1.807, 2.05) is 18.7 Å². The van der Waals surface area contributed by atoms with E-state index in [9.17, 15) is 0 Å². The Bertz CT molecular complexity index is 395. The first-order chi connectivity index (χ1) is 7.68. The summed E-state index contributed by atoms with van der Waals surface area (Å²) >= 11 is 3.59. The van der Waals surface area contributed by atoms with Crippen molar-refractivity contribution in [3.05, 3.63) is 28.0 Å². The van der Waals surface area contributed by atoms with E-state index < -0.39 is 0 Å². The van der Waals surface area contributed by atoms with E-state index >= 15 is 0 Å². The van der Waals surface area contributed by atoms with Gasteiger partial charge in [-0.05, 0) is 42.1 Å². The Hall–Kier alpha value is -0.610. The molecular weight excluding hydrogens is 266 g/mol. The molecule has 0 spiro atoms. The highest BCUT2D eigenvalue weighted by Crippen LogP contribution is 2.20. The molecule has 0 aromatic carbocycles. The van der Waals surface area contributed by atoms with Crippen LogP contribution in [0.25, 0.3) is 0 Å². The van der Waals surface area contributed by atoms with Crippen molar-refractivity contribution in [2.45, 2.75) is 38.8 Å². The maximum absolute atomic E-state index is 4.39. The van der Waals surface area contributed by atoms with E-state index in [1.54, 1.807) is 0 Å². The molecule has 1 aromatic heterocycles. The molecule has 1 aromatic rings. The van der Waals surface area contributed by atoms with Crippen molar-refractivity contribution in [1.82, 2.24) is 15.1 Å². The summed E-state index contributed by atoms with van der Waals surface area (Å²) in [7, 11) is 2.00. The fourth-order valence-electron chi connectivity index (χ4n) is 2.09. The lowest BCUT2D eigenvalue weighted by Gasteiger charge is -2.19. The average Bonchev–Trinajstić information content (AvgIpc) is 2.53. The normalized spacial score (nSPS) is 20.3. The van der Waals surface area contributed by atoms with E-state index in [0.717, 1.165) is 23.1 Å². The minimum Gasteiger partial charge on any atom is -0.308 e. The third-order valence-corrected chi connectivity index (χ3v) is 4.12. The van der Waals surface area contributed by atoms with Crippen molar-refractivity contribution < 1.29 is 0 Å². The lowest BCUT2D eigenvalue weighted by atomic mass is 10.0. The second kappa shape index (κ2) is 5.15. The SMILES string of the molecule is Cc1nn(C)c(CNC2CC=CCC2)c1Br. The van der Waals surface area contributed by atoms with Crippen molar-refractivity contribution in [1.29, 1.82) is 0 Å². The number of nitrogens with one attached hydrogen (secondary N) is 1. The smallest absolute Gasteiger partial charge is 0.0739 e. The molecule has 3 nitrogen and oxygen atoms in total. The Morgan fingerprint density at radius 3 is 2.94 bits per heavy atom. The van der Waals surface area contributed by atoms with Gasteiger partial charge in [0.15, 0.2) is 0 Å². The third-order valence-electron chi connectivity index (χ3n) is 3.09. The Kier molecular flexibility index (Phi) is 3.82. The maximum atomic E-state index is 4.39. The zero-order valence-electron chi connectivity index (χ0n) is 9.83. The van der Waals surface area contributed by atoms with Crippen LogP contribution in [-0.4, -0.2) is 15.8 Å². The minimum absolute atomic E-state index is 0.618. The molecule has 0 bridgehead atoms. The lowest BCUT2D eigenvalue weighted by molar-refractivity contribution is 0.463. The van der Waals surface area contributed by atoms with Gasteiger partial charge in [-0.25, -0.2) is 0 Å². The number of aromatic nitrogens is 2. The minimum atomic E-state index is 0.618. The van der Waals surface area contributed by atoms with Crippen LogP contribution in [0.1, 0.15) is 30.7 Å². The number of aryl methyl sites for hydroxylation is 2. The van der Waals surface area contributed by atoms with Crippen LogP contribution in [0.15, 0.2) is 16.6 Å². The van der Waals surface area contributed by atoms with Crippen molar-refractivity contribution in [2.75, 3.05) is 0 Å². The first kappa shape index (κ1) is 11.9. The fraction of sp³-hybridized carbons (Fsp3) is 0.583. The summed E-state index contributed by atoms with van der Waals surface area (Å²) in [4.78, 5) is 0. The Balaban J connectivity index is 1.96.